The highest BCUT2D eigenvalue weighted by Crippen LogP contribution is 2.37. The van der Waals surface area contributed by atoms with Gasteiger partial charge in [0.15, 0.2) is 22.5 Å². The van der Waals surface area contributed by atoms with Crippen LogP contribution in [0.2, 0.25) is 0 Å². The van der Waals surface area contributed by atoms with Crippen molar-refractivity contribution in [2.75, 3.05) is 20.3 Å². The van der Waals surface area contributed by atoms with Gasteiger partial charge in [0.2, 0.25) is 0 Å². The zero-order valence-electron chi connectivity index (χ0n) is 15.3. The summed E-state index contributed by atoms with van der Waals surface area (Å²) in [5.74, 6) is 3.98. The zero-order valence-corrected chi connectivity index (χ0v) is 16.2. The lowest BCUT2D eigenvalue weighted by atomic mass is 10.2. The average Bonchev–Trinajstić information content (AvgIpc) is 3.14. The van der Waals surface area contributed by atoms with Crippen molar-refractivity contribution in [3.8, 4) is 28.6 Å². The smallest absolute Gasteiger partial charge is 0.191 e. The molecule has 27 heavy (non-hydrogen) atoms. The van der Waals surface area contributed by atoms with Crippen LogP contribution in [0, 0.1) is 0 Å². The molecule has 0 N–H and O–H groups in total. The number of benzene rings is 2. The van der Waals surface area contributed by atoms with E-state index in [9.17, 15) is 0 Å². The molecule has 3 aromatic rings. The van der Waals surface area contributed by atoms with Crippen molar-refractivity contribution in [1.82, 2.24) is 14.8 Å². The molecule has 0 atom stereocenters. The quantitative estimate of drug-likeness (QED) is 0.599. The second-order valence-electron chi connectivity index (χ2n) is 5.98. The van der Waals surface area contributed by atoms with Crippen LogP contribution in [0.25, 0.3) is 11.4 Å². The first-order chi connectivity index (χ1) is 13.3. The number of fused-ring (bicyclic) bond motifs is 1. The van der Waals surface area contributed by atoms with Crippen LogP contribution in [0.4, 0.5) is 0 Å². The van der Waals surface area contributed by atoms with Crippen LogP contribution >= 0.6 is 11.8 Å². The molecule has 0 radical (unpaired) electrons. The maximum Gasteiger partial charge on any atom is 0.191 e. The zero-order chi connectivity index (χ0) is 18.6. The van der Waals surface area contributed by atoms with Crippen molar-refractivity contribution in [1.29, 1.82) is 0 Å². The maximum absolute atomic E-state index is 5.81. The van der Waals surface area contributed by atoms with Gasteiger partial charge in [-0.05, 0) is 25.1 Å². The predicted octanol–water partition coefficient (Wildman–Crippen LogP) is 4.04. The van der Waals surface area contributed by atoms with Gasteiger partial charge in [-0.2, -0.15) is 0 Å². The molecule has 0 fully saturated rings. The highest BCUT2D eigenvalue weighted by atomic mass is 32.2. The van der Waals surface area contributed by atoms with Crippen molar-refractivity contribution in [2.45, 2.75) is 24.4 Å². The molecule has 4 rings (SSSR count). The fourth-order valence-corrected chi connectivity index (χ4v) is 4.08. The molecule has 0 spiro atoms. The van der Waals surface area contributed by atoms with E-state index in [1.54, 1.807) is 18.9 Å². The molecule has 7 heteroatoms. The Balaban J connectivity index is 1.60. The largest absolute Gasteiger partial charge is 0.496 e. The minimum absolute atomic E-state index is 0.581. The van der Waals surface area contributed by atoms with Crippen LogP contribution in [0.3, 0.4) is 0 Å². The Labute approximate surface area is 162 Å². The fourth-order valence-electron chi connectivity index (χ4n) is 3.10. The minimum atomic E-state index is 0.581. The van der Waals surface area contributed by atoms with Crippen LogP contribution in [-0.4, -0.2) is 35.1 Å². The lowest BCUT2D eigenvalue weighted by Crippen LogP contribution is -2.16. The van der Waals surface area contributed by atoms with Gasteiger partial charge in [0.05, 0.1) is 12.7 Å². The number of hydrogen-bond donors (Lipinski definition) is 0. The number of methoxy groups -OCH3 is 1. The third-order valence-electron chi connectivity index (χ3n) is 4.39. The first kappa shape index (κ1) is 17.7. The first-order valence-electron chi connectivity index (χ1n) is 8.88. The summed E-state index contributed by atoms with van der Waals surface area (Å²) >= 11 is 1.64. The van der Waals surface area contributed by atoms with E-state index in [0.717, 1.165) is 51.7 Å². The molecule has 0 saturated heterocycles. The third kappa shape index (κ3) is 3.47. The van der Waals surface area contributed by atoms with Crippen molar-refractivity contribution in [2.24, 2.45) is 0 Å². The summed E-state index contributed by atoms with van der Waals surface area (Å²) in [6.45, 7) is 4.04. The second kappa shape index (κ2) is 7.92. The first-order valence-corrected chi connectivity index (χ1v) is 9.87. The summed E-state index contributed by atoms with van der Waals surface area (Å²) in [5.41, 5.74) is 2.04. The van der Waals surface area contributed by atoms with Gasteiger partial charge in [0.1, 0.15) is 19.0 Å². The van der Waals surface area contributed by atoms with Gasteiger partial charge in [-0.25, -0.2) is 0 Å². The predicted molar refractivity (Wildman–Crippen MR) is 105 cm³/mol. The third-order valence-corrected chi connectivity index (χ3v) is 5.40. The Morgan fingerprint density at radius 2 is 1.93 bits per heavy atom. The van der Waals surface area contributed by atoms with E-state index in [-0.39, 0.29) is 0 Å². The molecule has 0 saturated carbocycles. The number of thioether (sulfide) groups is 1. The Hall–Kier alpha value is -2.67. The number of para-hydroxylation sites is 2. The highest BCUT2D eigenvalue weighted by Gasteiger charge is 2.19. The molecule has 0 unspecified atom stereocenters. The van der Waals surface area contributed by atoms with Crippen molar-refractivity contribution >= 4 is 11.8 Å². The Kier molecular flexibility index (Phi) is 5.20. The minimum Gasteiger partial charge on any atom is -0.496 e. The molecular formula is C20H21N3O3S. The van der Waals surface area contributed by atoms with Crippen LogP contribution in [0.15, 0.2) is 47.6 Å². The van der Waals surface area contributed by atoms with E-state index < -0.39 is 0 Å². The lowest BCUT2D eigenvalue weighted by Gasteiger charge is -2.20. The van der Waals surface area contributed by atoms with Crippen LogP contribution in [0.1, 0.15) is 12.5 Å². The van der Waals surface area contributed by atoms with E-state index >= 15 is 0 Å². The fraction of sp³-hybridized carbons (Fsp3) is 0.300. The van der Waals surface area contributed by atoms with Crippen molar-refractivity contribution in [3.05, 3.63) is 48.0 Å². The Morgan fingerprint density at radius 1 is 1.07 bits per heavy atom. The number of rotatable bonds is 6. The lowest BCUT2D eigenvalue weighted by molar-refractivity contribution is 0.170. The van der Waals surface area contributed by atoms with E-state index in [2.05, 4.69) is 27.8 Å². The van der Waals surface area contributed by atoms with Crippen LogP contribution in [-0.2, 0) is 12.3 Å². The standard InChI is InChI=1S/C20H21N3O3S/c1-3-23-19(15-8-4-5-9-16(15)24-2)21-22-20(23)27-13-14-7-6-10-17-18(14)26-12-11-25-17/h4-10H,3,11-13H2,1-2H3. The highest BCUT2D eigenvalue weighted by molar-refractivity contribution is 7.98. The van der Waals surface area contributed by atoms with Gasteiger partial charge in [0.25, 0.3) is 0 Å². The van der Waals surface area contributed by atoms with Gasteiger partial charge >= 0.3 is 0 Å². The van der Waals surface area contributed by atoms with E-state index in [4.69, 9.17) is 14.2 Å². The average molecular weight is 383 g/mol. The molecule has 1 aliphatic rings. The van der Waals surface area contributed by atoms with E-state index in [1.165, 1.54) is 0 Å². The molecule has 2 heterocycles. The summed E-state index contributed by atoms with van der Waals surface area (Å²) in [4.78, 5) is 0. The van der Waals surface area contributed by atoms with Crippen molar-refractivity contribution < 1.29 is 14.2 Å². The number of ether oxygens (including phenoxy) is 3. The summed E-state index contributed by atoms with van der Waals surface area (Å²) < 4.78 is 19.1. The summed E-state index contributed by atoms with van der Waals surface area (Å²) in [6.07, 6.45) is 0. The molecule has 0 bridgehead atoms. The second-order valence-corrected chi connectivity index (χ2v) is 6.92. The van der Waals surface area contributed by atoms with E-state index in [0.29, 0.717) is 13.2 Å². The number of nitrogens with zero attached hydrogens (tertiary/aromatic N) is 3. The van der Waals surface area contributed by atoms with Gasteiger partial charge in [0, 0.05) is 17.9 Å². The number of hydrogen-bond acceptors (Lipinski definition) is 6. The Bertz CT molecular complexity index is 942. The molecule has 1 aromatic heterocycles. The molecule has 2 aromatic carbocycles. The van der Waals surface area contributed by atoms with Crippen molar-refractivity contribution in [3.63, 3.8) is 0 Å². The molecule has 0 aliphatic carbocycles. The van der Waals surface area contributed by atoms with Crippen LogP contribution < -0.4 is 14.2 Å². The summed E-state index contributed by atoms with van der Waals surface area (Å²) in [6, 6.07) is 13.9. The molecule has 0 amide bonds. The summed E-state index contributed by atoms with van der Waals surface area (Å²) in [7, 11) is 1.67. The maximum atomic E-state index is 5.81. The number of aromatic nitrogens is 3. The molecule has 140 valence electrons. The molecule has 1 aliphatic heterocycles. The van der Waals surface area contributed by atoms with Gasteiger partial charge < -0.3 is 18.8 Å². The van der Waals surface area contributed by atoms with Gasteiger partial charge in [-0.1, -0.05) is 36.0 Å². The normalized spacial score (nSPS) is 12.8. The SMILES string of the molecule is CCn1c(SCc2cccc3c2OCCO3)nnc1-c1ccccc1OC. The summed E-state index contributed by atoms with van der Waals surface area (Å²) in [5, 5.41) is 9.70. The topological polar surface area (TPSA) is 58.4 Å². The van der Waals surface area contributed by atoms with Crippen LogP contribution in [0.5, 0.6) is 17.2 Å². The molecular weight excluding hydrogens is 362 g/mol. The van der Waals surface area contributed by atoms with Gasteiger partial charge in [-0.3, -0.25) is 0 Å². The molecule has 6 nitrogen and oxygen atoms in total. The Morgan fingerprint density at radius 3 is 2.78 bits per heavy atom. The van der Waals surface area contributed by atoms with E-state index in [1.807, 2.05) is 36.4 Å². The van der Waals surface area contributed by atoms with Gasteiger partial charge in [-0.15, -0.1) is 10.2 Å². The monoisotopic (exact) mass is 383 g/mol.